The van der Waals surface area contributed by atoms with Crippen molar-refractivity contribution in [1.82, 2.24) is 19.6 Å². The SMILES string of the molecule is COc1ccc(CN(C)c2cc(N3CCc4c(-c5ncc(C6OCCO6)cc5F)cccc43)nn3c(C(=O)O)cnc23)cc1. The number of hydrogen-bond donors (Lipinski definition) is 1. The Bertz CT molecular complexity index is 1870. The number of benzene rings is 2. The van der Waals surface area contributed by atoms with E-state index in [0.717, 1.165) is 22.6 Å². The van der Waals surface area contributed by atoms with Gasteiger partial charge in [-0.1, -0.05) is 24.3 Å². The van der Waals surface area contributed by atoms with Gasteiger partial charge in [0.25, 0.3) is 0 Å². The van der Waals surface area contributed by atoms with Gasteiger partial charge in [0.1, 0.15) is 17.3 Å². The van der Waals surface area contributed by atoms with E-state index in [-0.39, 0.29) is 11.4 Å². The fourth-order valence-electron chi connectivity index (χ4n) is 5.81. The highest BCUT2D eigenvalue weighted by molar-refractivity contribution is 5.88. The highest BCUT2D eigenvalue weighted by Gasteiger charge is 2.29. The van der Waals surface area contributed by atoms with Crippen LogP contribution in [0.15, 0.2) is 67.0 Å². The van der Waals surface area contributed by atoms with Crippen LogP contribution in [-0.4, -0.2) is 64.6 Å². The van der Waals surface area contributed by atoms with Crippen LogP contribution in [0.4, 0.5) is 21.6 Å². The number of ether oxygens (including phenoxy) is 3. The third kappa shape index (κ3) is 4.87. The molecule has 0 saturated carbocycles. The quantitative estimate of drug-likeness (QED) is 0.262. The lowest BCUT2D eigenvalue weighted by atomic mass is 10.0. The summed E-state index contributed by atoms with van der Waals surface area (Å²) in [6, 6.07) is 16.8. The monoisotopic (exact) mass is 596 g/mol. The molecule has 0 bridgehead atoms. The topological polar surface area (TPSA) is 115 Å². The molecule has 0 atom stereocenters. The first kappa shape index (κ1) is 27.7. The molecule has 1 fully saturated rings. The number of rotatable bonds is 8. The minimum Gasteiger partial charge on any atom is -0.497 e. The highest BCUT2D eigenvalue weighted by atomic mass is 19.1. The fourth-order valence-corrected chi connectivity index (χ4v) is 5.81. The van der Waals surface area contributed by atoms with Gasteiger partial charge >= 0.3 is 5.97 Å². The van der Waals surface area contributed by atoms with Gasteiger partial charge in [-0.2, -0.15) is 0 Å². The Balaban J connectivity index is 1.27. The van der Waals surface area contributed by atoms with Gasteiger partial charge in [-0.25, -0.2) is 18.7 Å². The van der Waals surface area contributed by atoms with Crippen molar-refractivity contribution in [1.29, 1.82) is 0 Å². The summed E-state index contributed by atoms with van der Waals surface area (Å²) in [4.78, 5) is 25.0. The minimum atomic E-state index is -1.13. The molecule has 5 heterocycles. The summed E-state index contributed by atoms with van der Waals surface area (Å²) in [5.41, 5.74) is 5.39. The Kier molecular flexibility index (Phi) is 7.07. The molecule has 7 rings (SSSR count). The second-order valence-electron chi connectivity index (χ2n) is 10.7. The van der Waals surface area contributed by atoms with Crippen LogP contribution in [0.1, 0.15) is 33.5 Å². The van der Waals surface area contributed by atoms with Crippen LogP contribution < -0.4 is 14.5 Å². The van der Waals surface area contributed by atoms with Crippen molar-refractivity contribution in [2.24, 2.45) is 0 Å². The van der Waals surface area contributed by atoms with Crippen LogP contribution in [0.2, 0.25) is 0 Å². The van der Waals surface area contributed by atoms with Crippen LogP contribution in [0.25, 0.3) is 16.9 Å². The molecule has 0 spiro atoms. The van der Waals surface area contributed by atoms with Crippen LogP contribution in [0, 0.1) is 5.82 Å². The Morgan fingerprint density at radius 1 is 1.11 bits per heavy atom. The smallest absolute Gasteiger partial charge is 0.356 e. The van der Waals surface area contributed by atoms with E-state index in [2.05, 4.69) is 9.97 Å². The van der Waals surface area contributed by atoms with Gasteiger partial charge < -0.3 is 29.1 Å². The predicted octanol–water partition coefficient (Wildman–Crippen LogP) is 5.01. The number of hydrogen-bond acceptors (Lipinski definition) is 9. The third-order valence-electron chi connectivity index (χ3n) is 7.96. The zero-order valence-corrected chi connectivity index (χ0v) is 24.1. The average molecular weight is 597 g/mol. The molecule has 1 N–H and O–H groups in total. The summed E-state index contributed by atoms with van der Waals surface area (Å²) >= 11 is 0. The van der Waals surface area contributed by atoms with E-state index in [1.165, 1.54) is 16.8 Å². The summed E-state index contributed by atoms with van der Waals surface area (Å²) in [5, 5.41) is 14.6. The fraction of sp³-hybridized carbons (Fsp3) is 0.250. The predicted molar refractivity (Wildman–Crippen MR) is 160 cm³/mol. The van der Waals surface area contributed by atoms with E-state index in [9.17, 15) is 9.90 Å². The molecule has 224 valence electrons. The summed E-state index contributed by atoms with van der Waals surface area (Å²) in [5.74, 6) is -0.280. The number of aromatic nitrogens is 4. The van der Waals surface area contributed by atoms with E-state index >= 15 is 4.39 Å². The number of halogens is 1. The maximum atomic E-state index is 15.4. The number of fused-ring (bicyclic) bond motifs is 2. The molecular weight excluding hydrogens is 567 g/mol. The molecule has 5 aromatic rings. The first-order chi connectivity index (χ1) is 21.4. The first-order valence-electron chi connectivity index (χ1n) is 14.2. The maximum Gasteiger partial charge on any atom is 0.356 e. The molecule has 2 aliphatic heterocycles. The maximum absolute atomic E-state index is 15.4. The van der Waals surface area contributed by atoms with Gasteiger partial charge in [-0.3, -0.25) is 4.98 Å². The minimum absolute atomic E-state index is 0.0456. The normalized spacial score (nSPS) is 14.8. The molecule has 0 radical (unpaired) electrons. The average Bonchev–Trinajstić information content (AvgIpc) is 3.81. The van der Waals surface area contributed by atoms with Gasteiger partial charge in [-0.05, 0) is 41.8 Å². The van der Waals surface area contributed by atoms with Gasteiger partial charge in [0, 0.05) is 49.2 Å². The molecule has 2 aromatic carbocycles. The number of imidazole rings is 1. The van der Waals surface area contributed by atoms with Gasteiger partial charge in [-0.15, -0.1) is 5.10 Å². The molecule has 44 heavy (non-hydrogen) atoms. The molecule has 0 aliphatic carbocycles. The number of carboxylic acid groups (broad SMARTS) is 1. The Hall–Kier alpha value is -5.07. The van der Waals surface area contributed by atoms with Crippen molar-refractivity contribution < 1.29 is 28.5 Å². The summed E-state index contributed by atoms with van der Waals surface area (Å²) in [6.07, 6.45) is 2.91. The number of anilines is 3. The standard InChI is InChI=1S/C32H29FN6O5/c1-37(18-19-6-8-21(42-2)9-7-19)26-15-28(36-39-27(31(40)41)17-35-30(26)39)38-11-10-22-23(4-3-5-25(22)38)29-24(33)14-20(16-34-29)32-43-12-13-44-32/h3-9,14-17,32H,10-13,18H2,1-2H3,(H,40,41). The number of carboxylic acids is 1. The van der Waals surface area contributed by atoms with Gasteiger partial charge in [0.05, 0.1) is 32.2 Å². The van der Waals surface area contributed by atoms with E-state index in [0.29, 0.717) is 61.0 Å². The largest absolute Gasteiger partial charge is 0.497 e. The molecule has 0 amide bonds. The van der Waals surface area contributed by atoms with Crippen LogP contribution in [0.5, 0.6) is 5.75 Å². The lowest BCUT2D eigenvalue weighted by Crippen LogP contribution is -2.21. The molecule has 3 aromatic heterocycles. The lowest BCUT2D eigenvalue weighted by molar-refractivity contribution is -0.0445. The molecule has 12 heteroatoms. The van der Waals surface area contributed by atoms with Crippen LogP contribution in [0.3, 0.4) is 0 Å². The van der Waals surface area contributed by atoms with Gasteiger partial charge in [0.2, 0.25) is 0 Å². The van der Waals surface area contributed by atoms with Crippen molar-refractivity contribution in [3.63, 3.8) is 0 Å². The number of pyridine rings is 1. The number of nitrogens with zero attached hydrogens (tertiary/aromatic N) is 6. The molecule has 0 unspecified atom stereocenters. The molecular formula is C32H29FN6O5. The molecule has 1 saturated heterocycles. The Morgan fingerprint density at radius 2 is 1.91 bits per heavy atom. The zero-order valence-electron chi connectivity index (χ0n) is 24.1. The summed E-state index contributed by atoms with van der Waals surface area (Å²) < 4.78 is 33.1. The van der Waals surface area contributed by atoms with E-state index in [1.54, 1.807) is 13.3 Å². The molecule has 11 nitrogen and oxygen atoms in total. The van der Waals surface area contributed by atoms with Gasteiger partial charge in [0.15, 0.2) is 23.4 Å². The summed E-state index contributed by atoms with van der Waals surface area (Å²) in [7, 11) is 3.55. The van der Waals surface area contributed by atoms with Crippen molar-refractivity contribution in [3.8, 4) is 17.0 Å². The molecule has 2 aliphatic rings. The lowest BCUT2D eigenvalue weighted by Gasteiger charge is -2.24. The van der Waals surface area contributed by atoms with Crippen molar-refractivity contribution in [3.05, 3.63) is 95.2 Å². The number of methoxy groups -OCH3 is 1. The summed E-state index contributed by atoms with van der Waals surface area (Å²) in [6.45, 7) is 2.02. The van der Waals surface area contributed by atoms with Crippen molar-refractivity contribution in [2.45, 2.75) is 19.3 Å². The van der Waals surface area contributed by atoms with Crippen LogP contribution >= 0.6 is 0 Å². The van der Waals surface area contributed by atoms with E-state index in [1.807, 2.05) is 65.4 Å². The first-order valence-corrected chi connectivity index (χ1v) is 14.2. The van der Waals surface area contributed by atoms with E-state index < -0.39 is 18.1 Å². The second kappa shape index (κ2) is 11.2. The van der Waals surface area contributed by atoms with Crippen molar-refractivity contribution in [2.75, 3.05) is 43.7 Å². The van der Waals surface area contributed by atoms with Crippen molar-refractivity contribution >= 4 is 28.8 Å². The highest BCUT2D eigenvalue weighted by Crippen LogP contribution is 2.41. The second-order valence-corrected chi connectivity index (χ2v) is 10.7. The Labute approximate surface area is 252 Å². The number of aromatic carboxylic acids is 1. The third-order valence-corrected chi connectivity index (χ3v) is 7.96. The Morgan fingerprint density at radius 3 is 2.64 bits per heavy atom. The van der Waals surface area contributed by atoms with Crippen LogP contribution in [-0.2, 0) is 22.4 Å². The number of carbonyl (C=O) groups is 1. The zero-order chi connectivity index (χ0) is 30.4. The van der Waals surface area contributed by atoms with E-state index in [4.69, 9.17) is 19.3 Å².